The molecule has 23 heavy (non-hydrogen) atoms. The Kier molecular flexibility index (Phi) is 4.16. The van der Waals surface area contributed by atoms with Crippen LogP contribution in [0.2, 0.25) is 0 Å². The second-order valence-electron chi connectivity index (χ2n) is 5.73. The molecule has 0 radical (unpaired) electrons. The summed E-state index contributed by atoms with van der Waals surface area (Å²) in [5.74, 6) is -0.565. The number of imidazole rings is 1. The van der Waals surface area contributed by atoms with E-state index < -0.39 is 12.0 Å². The van der Waals surface area contributed by atoms with E-state index >= 15 is 0 Å². The molecule has 0 fully saturated rings. The Morgan fingerprint density at radius 1 is 1.35 bits per heavy atom. The highest BCUT2D eigenvalue weighted by Crippen LogP contribution is 2.21. The van der Waals surface area contributed by atoms with Crippen LogP contribution in [0.3, 0.4) is 0 Å². The Morgan fingerprint density at radius 2 is 2.13 bits per heavy atom. The van der Waals surface area contributed by atoms with Gasteiger partial charge in [0, 0.05) is 24.5 Å². The van der Waals surface area contributed by atoms with Crippen LogP contribution in [0.1, 0.15) is 29.9 Å². The van der Waals surface area contributed by atoms with Crippen molar-refractivity contribution in [2.75, 3.05) is 0 Å². The van der Waals surface area contributed by atoms with Gasteiger partial charge in [-0.2, -0.15) is 0 Å². The first-order valence-electron chi connectivity index (χ1n) is 7.61. The molecule has 3 aromatic rings. The maximum absolute atomic E-state index is 11.2. The third-order valence-electron chi connectivity index (χ3n) is 4.14. The van der Waals surface area contributed by atoms with Gasteiger partial charge in [-0.3, -0.25) is 4.79 Å². The molecule has 0 aliphatic carbocycles. The van der Waals surface area contributed by atoms with Crippen molar-refractivity contribution in [2.24, 2.45) is 5.73 Å². The van der Waals surface area contributed by atoms with Crippen LogP contribution in [0.4, 0.5) is 0 Å². The van der Waals surface area contributed by atoms with Crippen LogP contribution in [0, 0.1) is 0 Å². The van der Waals surface area contributed by atoms with Crippen molar-refractivity contribution < 1.29 is 9.90 Å². The normalized spacial score (nSPS) is 14.0. The van der Waals surface area contributed by atoms with Crippen molar-refractivity contribution in [3.63, 3.8) is 0 Å². The fraction of sp³-hybridized carbons (Fsp3) is 0.294. The van der Waals surface area contributed by atoms with Gasteiger partial charge >= 0.3 is 0 Å². The summed E-state index contributed by atoms with van der Waals surface area (Å²) in [5, 5.41) is 11.3. The number of amides is 1. The minimum atomic E-state index is -0.565. The number of carbonyl (C=O) groups excluding carboxylic acids is 1. The van der Waals surface area contributed by atoms with Gasteiger partial charge in [0.05, 0.1) is 18.5 Å². The van der Waals surface area contributed by atoms with E-state index in [0.717, 1.165) is 6.54 Å². The number of hydrogen-bond donors (Lipinski definition) is 2. The Balaban J connectivity index is 1.78. The van der Waals surface area contributed by atoms with Crippen molar-refractivity contribution in [3.8, 4) is 0 Å². The first kappa shape index (κ1) is 15.3. The molecule has 2 atom stereocenters. The van der Waals surface area contributed by atoms with Crippen molar-refractivity contribution >= 4 is 16.8 Å². The zero-order valence-corrected chi connectivity index (χ0v) is 13.0. The number of para-hydroxylation sites is 1. The highest BCUT2D eigenvalue weighted by atomic mass is 16.3. The van der Waals surface area contributed by atoms with Gasteiger partial charge in [0.2, 0.25) is 0 Å². The van der Waals surface area contributed by atoms with E-state index in [0.29, 0.717) is 6.42 Å². The van der Waals surface area contributed by atoms with E-state index in [9.17, 15) is 9.90 Å². The molecule has 0 saturated heterocycles. The minimum Gasteiger partial charge on any atom is -0.391 e. The lowest BCUT2D eigenvalue weighted by atomic mass is 10.1. The number of aliphatic hydroxyl groups excluding tert-OH is 1. The summed E-state index contributed by atoms with van der Waals surface area (Å²) in [6.45, 7) is 2.50. The molecule has 1 amide bonds. The largest absolute Gasteiger partial charge is 0.391 e. The van der Waals surface area contributed by atoms with Gasteiger partial charge in [0.25, 0.3) is 5.91 Å². The van der Waals surface area contributed by atoms with Crippen molar-refractivity contribution in [2.45, 2.75) is 32.0 Å². The summed E-state index contributed by atoms with van der Waals surface area (Å²) in [7, 11) is 0. The highest BCUT2D eigenvalue weighted by Gasteiger charge is 2.19. The molecule has 0 aliphatic rings. The van der Waals surface area contributed by atoms with Gasteiger partial charge in [-0.05, 0) is 30.9 Å². The van der Waals surface area contributed by atoms with E-state index in [2.05, 4.69) is 27.8 Å². The maximum atomic E-state index is 11.2. The monoisotopic (exact) mass is 312 g/mol. The number of aryl methyl sites for hydroxylation is 1. The van der Waals surface area contributed by atoms with E-state index in [1.54, 1.807) is 24.0 Å². The predicted molar refractivity (Wildman–Crippen MR) is 88.0 cm³/mol. The van der Waals surface area contributed by atoms with Crippen molar-refractivity contribution in [3.05, 3.63) is 54.7 Å². The Labute approximate surface area is 134 Å². The molecule has 3 rings (SSSR count). The summed E-state index contributed by atoms with van der Waals surface area (Å²) < 4.78 is 3.92. The molecule has 120 valence electrons. The summed E-state index contributed by atoms with van der Waals surface area (Å²) in [5.41, 5.74) is 6.61. The standard InChI is InChI=1S/C17H20N4O2/c1-12(22)15(21-10-14(17(18)23)19-11-21)7-9-20-8-6-13-4-2-3-5-16(13)20/h2-6,8,10-12,15,22H,7,9H2,1H3,(H2,18,23). The molecule has 2 aromatic heterocycles. The van der Waals surface area contributed by atoms with Crippen LogP contribution < -0.4 is 5.73 Å². The first-order valence-corrected chi connectivity index (χ1v) is 7.61. The van der Waals surface area contributed by atoms with Gasteiger partial charge < -0.3 is 20.0 Å². The average Bonchev–Trinajstić information content (AvgIpc) is 3.15. The highest BCUT2D eigenvalue weighted by molar-refractivity contribution is 5.90. The number of aromatic nitrogens is 3. The molecule has 3 N–H and O–H groups in total. The van der Waals surface area contributed by atoms with Gasteiger partial charge in [-0.25, -0.2) is 4.98 Å². The van der Waals surface area contributed by atoms with Gasteiger partial charge in [0.15, 0.2) is 0 Å². The zero-order chi connectivity index (χ0) is 16.4. The Bertz CT molecular complexity index is 819. The third-order valence-corrected chi connectivity index (χ3v) is 4.14. The number of nitrogens with zero attached hydrogens (tertiary/aromatic N) is 3. The topological polar surface area (TPSA) is 86.1 Å². The predicted octanol–water partition coefficient (Wildman–Crippen LogP) is 1.95. The van der Waals surface area contributed by atoms with Crippen LogP contribution >= 0.6 is 0 Å². The second kappa shape index (κ2) is 6.26. The molecule has 0 bridgehead atoms. The summed E-state index contributed by atoms with van der Waals surface area (Å²) in [6, 6.07) is 10.1. The minimum absolute atomic E-state index is 0.170. The molecule has 6 heteroatoms. The zero-order valence-electron chi connectivity index (χ0n) is 13.0. The SMILES string of the molecule is CC(O)C(CCn1ccc2ccccc21)n1cnc(C(N)=O)c1. The van der Waals surface area contributed by atoms with E-state index in [4.69, 9.17) is 5.73 Å². The number of carbonyl (C=O) groups is 1. The van der Waals surface area contributed by atoms with Crippen LogP contribution in [0.25, 0.3) is 10.9 Å². The van der Waals surface area contributed by atoms with E-state index in [-0.39, 0.29) is 11.7 Å². The molecular formula is C17H20N4O2. The fourth-order valence-corrected chi connectivity index (χ4v) is 2.89. The van der Waals surface area contributed by atoms with Crippen LogP contribution in [0.15, 0.2) is 49.1 Å². The lowest BCUT2D eigenvalue weighted by molar-refractivity contribution is 0.0994. The van der Waals surface area contributed by atoms with Crippen molar-refractivity contribution in [1.82, 2.24) is 14.1 Å². The first-order chi connectivity index (χ1) is 11.1. The van der Waals surface area contributed by atoms with Crippen LogP contribution in [0.5, 0.6) is 0 Å². The molecule has 0 spiro atoms. The summed E-state index contributed by atoms with van der Waals surface area (Å²) in [4.78, 5) is 15.2. The molecular weight excluding hydrogens is 292 g/mol. The average molecular weight is 312 g/mol. The smallest absolute Gasteiger partial charge is 0.268 e. The number of hydrogen-bond acceptors (Lipinski definition) is 3. The molecule has 6 nitrogen and oxygen atoms in total. The number of fused-ring (bicyclic) bond motifs is 1. The molecule has 2 heterocycles. The number of primary amides is 1. The summed E-state index contributed by atoms with van der Waals surface area (Å²) in [6.07, 6.45) is 5.34. The van der Waals surface area contributed by atoms with Gasteiger partial charge in [0.1, 0.15) is 5.69 Å². The van der Waals surface area contributed by atoms with E-state index in [1.807, 2.05) is 18.3 Å². The van der Waals surface area contributed by atoms with Crippen LogP contribution in [-0.2, 0) is 6.54 Å². The fourth-order valence-electron chi connectivity index (χ4n) is 2.89. The lowest BCUT2D eigenvalue weighted by Gasteiger charge is -2.21. The Morgan fingerprint density at radius 3 is 2.83 bits per heavy atom. The molecule has 1 aromatic carbocycles. The number of nitrogens with two attached hydrogens (primary N) is 1. The van der Waals surface area contributed by atoms with Crippen molar-refractivity contribution in [1.29, 1.82) is 0 Å². The van der Waals surface area contributed by atoms with Gasteiger partial charge in [-0.15, -0.1) is 0 Å². The van der Waals surface area contributed by atoms with Crippen LogP contribution in [-0.4, -0.2) is 31.2 Å². The number of aliphatic hydroxyl groups is 1. The lowest BCUT2D eigenvalue weighted by Crippen LogP contribution is -2.22. The molecule has 0 saturated carbocycles. The summed E-state index contributed by atoms with van der Waals surface area (Å²) >= 11 is 0. The quantitative estimate of drug-likeness (QED) is 0.729. The second-order valence-corrected chi connectivity index (χ2v) is 5.73. The molecule has 2 unspecified atom stereocenters. The number of rotatable bonds is 6. The molecule has 0 aliphatic heterocycles. The maximum Gasteiger partial charge on any atom is 0.268 e. The number of benzene rings is 1. The van der Waals surface area contributed by atoms with Gasteiger partial charge in [-0.1, -0.05) is 18.2 Å². The third kappa shape index (κ3) is 3.12. The van der Waals surface area contributed by atoms with E-state index in [1.165, 1.54) is 10.9 Å². The Hall–Kier alpha value is -2.60.